The van der Waals surface area contributed by atoms with Crippen LogP contribution in [-0.2, 0) is 0 Å². The first kappa shape index (κ1) is 20.5. The van der Waals surface area contributed by atoms with Gasteiger partial charge in [-0.05, 0) is 60.8 Å². The molecule has 3 rings (SSSR count). The SMILES string of the molecule is C=CNC/C(=C\C)C1=CN=C2C(N/C(S)=C/C(=C)C3CCCCC3)=CC=CC12. The summed E-state index contributed by atoms with van der Waals surface area (Å²) in [6.07, 6.45) is 20.7. The minimum atomic E-state index is 0.174. The fourth-order valence-electron chi connectivity index (χ4n) is 4.11. The van der Waals surface area contributed by atoms with Crippen LogP contribution in [-0.4, -0.2) is 12.3 Å². The lowest BCUT2D eigenvalue weighted by Gasteiger charge is -2.24. The number of rotatable bonds is 8. The summed E-state index contributed by atoms with van der Waals surface area (Å²) in [5.41, 5.74) is 5.69. The summed E-state index contributed by atoms with van der Waals surface area (Å²) in [4.78, 5) is 4.71. The molecule has 0 amide bonds. The lowest BCUT2D eigenvalue weighted by atomic mass is 9.84. The second kappa shape index (κ2) is 9.83. The number of hydrogen-bond acceptors (Lipinski definition) is 4. The summed E-state index contributed by atoms with van der Waals surface area (Å²) >= 11 is 4.68. The van der Waals surface area contributed by atoms with Crippen LogP contribution in [0, 0.1) is 11.8 Å². The molecule has 0 spiro atoms. The molecule has 1 atom stereocenters. The summed E-state index contributed by atoms with van der Waals surface area (Å²) in [7, 11) is 0. The highest BCUT2D eigenvalue weighted by molar-refractivity contribution is 7.84. The molecule has 0 bridgehead atoms. The van der Waals surface area contributed by atoms with E-state index in [0.29, 0.717) is 5.92 Å². The maximum atomic E-state index is 4.71. The Balaban J connectivity index is 1.66. The molecule has 0 aromatic carbocycles. The Hall–Kier alpha value is -2.20. The second-order valence-corrected chi connectivity index (χ2v) is 7.99. The van der Waals surface area contributed by atoms with Gasteiger partial charge in [-0.15, -0.1) is 12.6 Å². The van der Waals surface area contributed by atoms with E-state index in [2.05, 4.69) is 73.7 Å². The lowest BCUT2D eigenvalue weighted by molar-refractivity contribution is 0.409. The van der Waals surface area contributed by atoms with Crippen molar-refractivity contribution in [1.82, 2.24) is 10.6 Å². The fourth-order valence-corrected chi connectivity index (χ4v) is 4.40. The van der Waals surface area contributed by atoms with Gasteiger partial charge in [-0.25, -0.2) is 0 Å². The molecule has 1 unspecified atom stereocenters. The van der Waals surface area contributed by atoms with Crippen molar-refractivity contribution in [2.75, 3.05) is 6.54 Å². The molecule has 4 heteroatoms. The summed E-state index contributed by atoms with van der Waals surface area (Å²) < 4.78 is 0. The van der Waals surface area contributed by atoms with Gasteiger partial charge in [-0.3, -0.25) is 4.99 Å². The third-order valence-corrected chi connectivity index (χ3v) is 5.93. The molecule has 0 saturated heterocycles. The lowest BCUT2D eigenvalue weighted by Crippen LogP contribution is -2.26. The van der Waals surface area contributed by atoms with Crippen molar-refractivity contribution in [3.8, 4) is 0 Å². The molecular formula is C24H31N3S. The van der Waals surface area contributed by atoms with Gasteiger partial charge in [0, 0.05) is 18.7 Å². The van der Waals surface area contributed by atoms with E-state index in [1.807, 2.05) is 6.20 Å². The fraction of sp³-hybridized carbons (Fsp3) is 0.375. The summed E-state index contributed by atoms with van der Waals surface area (Å²) in [6.45, 7) is 10.8. The largest absolute Gasteiger partial charge is 0.387 e. The molecule has 0 radical (unpaired) electrons. The minimum Gasteiger partial charge on any atom is -0.387 e. The van der Waals surface area contributed by atoms with Crippen LogP contribution < -0.4 is 10.6 Å². The molecular weight excluding hydrogens is 362 g/mol. The molecule has 148 valence electrons. The highest BCUT2D eigenvalue weighted by Gasteiger charge is 2.29. The summed E-state index contributed by atoms with van der Waals surface area (Å²) in [5, 5.41) is 7.45. The van der Waals surface area contributed by atoms with Crippen LogP contribution in [0.3, 0.4) is 0 Å². The molecule has 2 aliphatic carbocycles. The molecule has 3 aliphatic rings. The zero-order valence-electron chi connectivity index (χ0n) is 16.7. The molecule has 3 nitrogen and oxygen atoms in total. The van der Waals surface area contributed by atoms with Gasteiger partial charge in [0.15, 0.2) is 0 Å². The van der Waals surface area contributed by atoms with Crippen molar-refractivity contribution >= 4 is 18.3 Å². The van der Waals surface area contributed by atoms with Gasteiger partial charge in [0.25, 0.3) is 0 Å². The first-order chi connectivity index (χ1) is 13.6. The predicted octanol–water partition coefficient (Wildman–Crippen LogP) is 5.57. The molecule has 1 aliphatic heterocycles. The average Bonchev–Trinajstić information content (AvgIpc) is 3.14. The third kappa shape index (κ3) is 4.79. The van der Waals surface area contributed by atoms with Crippen molar-refractivity contribution in [3.05, 3.63) is 83.4 Å². The summed E-state index contributed by atoms with van der Waals surface area (Å²) in [6, 6.07) is 0. The van der Waals surface area contributed by atoms with E-state index in [1.165, 1.54) is 48.8 Å². The highest BCUT2D eigenvalue weighted by atomic mass is 32.1. The Bertz CT molecular complexity index is 802. The van der Waals surface area contributed by atoms with Gasteiger partial charge >= 0.3 is 0 Å². The number of thiol groups is 1. The van der Waals surface area contributed by atoms with Crippen LogP contribution in [0.5, 0.6) is 0 Å². The molecule has 1 saturated carbocycles. The molecule has 0 aromatic rings. The average molecular weight is 394 g/mol. The van der Waals surface area contributed by atoms with Crippen molar-refractivity contribution in [1.29, 1.82) is 0 Å². The van der Waals surface area contributed by atoms with E-state index in [4.69, 9.17) is 4.99 Å². The van der Waals surface area contributed by atoms with Gasteiger partial charge in [0.1, 0.15) is 0 Å². The van der Waals surface area contributed by atoms with E-state index in [0.717, 1.165) is 23.0 Å². The topological polar surface area (TPSA) is 36.4 Å². The Morgan fingerprint density at radius 3 is 2.82 bits per heavy atom. The number of fused-ring (bicyclic) bond motifs is 1. The van der Waals surface area contributed by atoms with Crippen LogP contribution in [0.15, 0.2) is 88.4 Å². The van der Waals surface area contributed by atoms with Crippen molar-refractivity contribution < 1.29 is 0 Å². The van der Waals surface area contributed by atoms with E-state index in [9.17, 15) is 0 Å². The van der Waals surface area contributed by atoms with Gasteiger partial charge in [-0.1, -0.05) is 50.6 Å². The van der Waals surface area contributed by atoms with Crippen LogP contribution >= 0.6 is 12.6 Å². The number of aliphatic imine (C=N–C) groups is 1. The third-order valence-electron chi connectivity index (χ3n) is 5.69. The van der Waals surface area contributed by atoms with Gasteiger partial charge in [0.05, 0.1) is 16.4 Å². The normalized spacial score (nSPS) is 22.8. The molecule has 0 aromatic heterocycles. The van der Waals surface area contributed by atoms with Crippen LogP contribution in [0.25, 0.3) is 0 Å². The Labute approximate surface area is 174 Å². The van der Waals surface area contributed by atoms with Crippen molar-refractivity contribution in [2.24, 2.45) is 16.8 Å². The Kier molecular flexibility index (Phi) is 7.21. The molecule has 1 heterocycles. The van der Waals surface area contributed by atoms with Crippen molar-refractivity contribution in [3.63, 3.8) is 0 Å². The van der Waals surface area contributed by atoms with Gasteiger partial charge in [-0.2, -0.15) is 0 Å². The number of nitrogens with zero attached hydrogens (tertiary/aromatic N) is 1. The second-order valence-electron chi connectivity index (χ2n) is 7.51. The molecule has 1 fully saturated rings. The maximum Gasteiger partial charge on any atom is 0.0751 e. The molecule has 28 heavy (non-hydrogen) atoms. The highest BCUT2D eigenvalue weighted by Crippen LogP contribution is 2.33. The summed E-state index contributed by atoms with van der Waals surface area (Å²) in [5.74, 6) is 0.769. The first-order valence-electron chi connectivity index (χ1n) is 10.2. The van der Waals surface area contributed by atoms with E-state index in [-0.39, 0.29) is 5.92 Å². The molecule has 2 N–H and O–H groups in total. The number of nitrogens with one attached hydrogen (secondary N) is 2. The number of allylic oxidation sites excluding steroid dienone is 7. The quantitative estimate of drug-likeness (QED) is 0.372. The van der Waals surface area contributed by atoms with E-state index < -0.39 is 0 Å². The van der Waals surface area contributed by atoms with E-state index in [1.54, 1.807) is 6.20 Å². The zero-order chi connectivity index (χ0) is 19.9. The minimum absolute atomic E-state index is 0.174. The smallest absolute Gasteiger partial charge is 0.0751 e. The van der Waals surface area contributed by atoms with Crippen molar-refractivity contribution in [2.45, 2.75) is 39.0 Å². The maximum absolute atomic E-state index is 4.71. The van der Waals surface area contributed by atoms with Gasteiger partial charge in [0.2, 0.25) is 0 Å². The van der Waals surface area contributed by atoms with Crippen LogP contribution in [0.4, 0.5) is 0 Å². The Morgan fingerprint density at radius 2 is 2.11 bits per heavy atom. The van der Waals surface area contributed by atoms with Gasteiger partial charge < -0.3 is 10.6 Å². The standard InChI is InChI=1S/C24H31N3S/c1-4-18(15-25-5-2)21-16-26-24-20(21)12-9-13-22(24)27-23(28)14-17(3)19-10-7-6-8-11-19/h4-5,9,12-14,16,19-20,25,27-28H,2-3,6-8,10-11,15H2,1H3/b18-4+,23-14-. The number of hydrogen-bond donors (Lipinski definition) is 3. The monoisotopic (exact) mass is 393 g/mol. The van der Waals surface area contributed by atoms with E-state index >= 15 is 0 Å². The Morgan fingerprint density at radius 1 is 1.32 bits per heavy atom. The van der Waals surface area contributed by atoms with Crippen LogP contribution in [0.1, 0.15) is 39.0 Å². The first-order valence-corrected chi connectivity index (χ1v) is 10.6. The van der Waals surface area contributed by atoms with Crippen LogP contribution in [0.2, 0.25) is 0 Å². The predicted molar refractivity (Wildman–Crippen MR) is 124 cm³/mol. The zero-order valence-corrected chi connectivity index (χ0v) is 17.6.